The van der Waals surface area contributed by atoms with Crippen LogP contribution in [0.4, 0.5) is 5.82 Å². The lowest BCUT2D eigenvalue weighted by molar-refractivity contribution is 0.606. The van der Waals surface area contributed by atoms with E-state index in [0.717, 1.165) is 11.8 Å². The average Bonchev–Trinajstić information content (AvgIpc) is 2.41. The zero-order valence-corrected chi connectivity index (χ0v) is 9.95. The largest absolute Gasteiger partial charge is 0.266 e. The number of sulfonamides is 1. The molecule has 1 N–H and O–H groups in total. The van der Waals surface area contributed by atoms with Crippen molar-refractivity contribution in [2.45, 2.75) is 0 Å². The molecule has 1 aliphatic heterocycles. The van der Waals surface area contributed by atoms with Crippen LogP contribution in [0.25, 0.3) is 11.3 Å². The third kappa shape index (κ3) is 2.37. The lowest BCUT2D eigenvalue weighted by Gasteiger charge is -1.99. The van der Waals surface area contributed by atoms with Gasteiger partial charge >= 0.3 is 0 Å². The third-order valence-electron chi connectivity index (χ3n) is 2.18. The molecule has 1 aliphatic carbocycles. The summed E-state index contributed by atoms with van der Waals surface area (Å²) in [6.45, 7) is 0. The molecule has 0 aromatic rings. The van der Waals surface area contributed by atoms with Gasteiger partial charge in [0, 0.05) is 5.56 Å². The molecule has 4 nitrogen and oxygen atoms in total. The second kappa shape index (κ2) is 4.07. The molecule has 0 saturated carbocycles. The number of hydrogen-bond acceptors (Lipinski definition) is 3. The molecule has 2 aliphatic rings. The summed E-state index contributed by atoms with van der Waals surface area (Å²) in [6, 6.07) is 9.09. The van der Waals surface area contributed by atoms with E-state index in [-0.39, 0.29) is 5.82 Å². The number of aromatic nitrogens is 1. The maximum atomic E-state index is 11.2. The highest BCUT2D eigenvalue weighted by molar-refractivity contribution is 7.92. The first-order chi connectivity index (χ1) is 8.01. The van der Waals surface area contributed by atoms with Crippen LogP contribution in [0.2, 0.25) is 0 Å². The molecule has 5 heteroatoms. The van der Waals surface area contributed by atoms with Crippen molar-refractivity contribution < 1.29 is 8.42 Å². The second-order valence-electron chi connectivity index (χ2n) is 3.56. The minimum Gasteiger partial charge on any atom is -0.266 e. The van der Waals surface area contributed by atoms with E-state index in [4.69, 9.17) is 6.42 Å². The quantitative estimate of drug-likeness (QED) is 0.818. The predicted octanol–water partition coefficient (Wildman–Crippen LogP) is 1.54. The first kappa shape index (κ1) is 11.4. The van der Waals surface area contributed by atoms with E-state index in [1.807, 2.05) is 24.3 Å². The second-order valence-corrected chi connectivity index (χ2v) is 5.31. The van der Waals surface area contributed by atoms with Gasteiger partial charge < -0.3 is 0 Å². The van der Waals surface area contributed by atoms with E-state index in [2.05, 4.69) is 15.6 Å². The van der Waals surface area contributed by atoms with Crippen molar-refractivity contribution in [2.75, 3.05) is 11.0 Å². The predicted molar refractivity (Wildman–Crippen MR) is 67.3 cm³/mol. The first-order valence-corrected chi connectivity index (χ1v) is 6.73. The Labute approximate surface area is 100 Å². The van der Waals surface area contributed by atoms with E-state index in [9.17, 15) is 8.42 Å². The fourth-order valence-corrected chi connectivity index (χ4v) is 2.05. The zero-order valence-electron chi connectivity index (χ0n) is 9.14. The first-order valence-electron chi connectivity index (χ1n) is 4.84. The van der Waals surface area contributed by atoms with Gasteiger partial charge in [0.15, 0.2) is 5.82 Å². The highest BCUT2D eigenvalue weighted by atomic mass is 32.2. The average molecular weight is 246 g/mol. The maximum Gasteiger partial charge on any atom is 0.231 e. The molecule has 17 heavy (non-hydrogen) atoms. The monoisotopic (exact) mass is 246 g/mol. The van der Waals surface area contributed by atoms with Gasteiger partial charge in [0.25, 0.3) is 0 Å². The number of nitrogens with zero attached hydrogens (tertiary/aromatic N) is 1. The van der Waals surface area contributed by atoms with E-state index < -0.39 is 10.0 Å². The maximum absolute atomic E-state index is 11.2. The van der Waals surface area contributed by atoms with Crippen molar-refractivity contribution in [1.82, 2.24) is 4.98 Å². The zero-order chi connectivity index (χ0) is 12.5. The minimum absolute atomic E-state index is 0.205. The Bertz CT molecular complexity index is 671. The van der Waals surface area contributed by atoms with Crippen LogP contribution in [0, 0.1) is 12.3 Å². The summed E-state index contributed by atoms with van der Waals surface area (Å²) < 4.78 is 24.7. The van der Waals surface area contributed by atoms with Crippen molar-refractivity contribution in [3.8, 4) is 23.6 Å². The van der Waals surface area contributed by atoms with Gasteiger partial charge in [-0.05, 0) is 6.07 Å². The van der Waals surface area contributed by atoms with Gasteiger partial charge in [-0.3, -0.25) is 4.72 Å². The molecule has 0 atom stereocenters. The topological polar surface area (TPSA) is 59.1 Å². The Kier molecular flexibility index (Phi) is 2.74. The summed E-state index contributed by atoms with van der Waals surface area (Å²) in [6.07, 6.45) is 6.46. The number of rotatable bonds is 2. The number of terminal acetylenes is 1. The van der Waals surface area contributed by atoms with Crippen LogP contribution in [0.5, 0.6) is 0 Å². The fraction of sp³-hybridized carbons (Fsp3) is 0.0833. The Morgan fingerprint density at radius 2 is 2.00 bits per heavy atom. The molecule has 0 bridgehead atoms. The van der Waals surface area contributed by atoms with Crippen molar-refractivity contribution in [2.24, 2.45) is 0 Å². The van der Waals surface area contributed by atoms with E-state index in [0.29, 0.717) is 11.3 Å². The molecule has 2 rings (SSSR count). The van der Waals surface area contributed by atoms with Gasteiger partial charge in [0.05, 0.1) is 17.5 Å². The van der Waals surface area contributed by atoms with Gasteiger partial charge in [-0.1, -0.05) is 30.2 Å². The SMILES string of the molecule is C#Cc1c2cccccc-2nc1NS(C)(=O)=O. The summed E-state index contributed by atoms with van der Waals surface area (Å²) in [7, 11) is -3.38. The number of fused-ring (bicyclic) bond motifs is 1. The van der Waals surface area contributed by atoms with Crippen LogP contribution < -0.4 is 4.72 Å². The van der Waals surface area contributed by atoms with Crippen LogP contribution >= 0.6 is 0 Å². The van der Waals surface area contributed by atoms with Crippen molar-refractivity contribution in [3.63, 3.8) is 0 Å². The van der Waals surface area contributed by atoms with Gasteiger partial charge in [-0.15, -0.1) is 6.42 Å². The number of nitrogens with one attached hydrogen (secondary N) is 1. The highest BCUT2D eigenvalue weighted by Gasteiger charge is 2.17. The molecule has 86 valence electrons. The Hall–Kier alpha value is -2.06. The summed E-state index contributed by atoms with van der Waals surface area (Å²) in [5.41, 5.74) is 1.87. The van der Waals surface area contributed by atoms with Crippen LogP contribution in [0.1, 0.15) is 5.56 Å². The van der Waals surface area contributed by atoms with E-state index in [1.54, 1.807) is 6.07 Å². The molecule has 0 saturated heterocycles. The minimum atomic E-state index is -3.38. The van der Waals surface area contributed by atoms with Crippen LogP contribution in [0.15, 0.2) is 30.3 Å². The standard InChI is InChI=1S/C12H10N2O2S/c1-3-9-10-7-5-4-6-8-11(10)13-12(9)14-17(2,15)16/h1,4-8H,2H3,(H,13,14). The van der Waals surface area contributed by atoms with Gasteiger partial charge in [0.1, 0.15) is 0 Å². The molecule has 0 amide bonds. The fourth-order valence-electron chi connectivity index (χ4n) is 1.55. The van der Waals surface area contributed by atoms with E-state index in [1.165, 1.54) is 0 Å². The molecule has 0 aromatic carbocycles. The Morgan fingerprint density at radius 1 is 1.29 bits per heavy atom. The lowest BCUT2D eigenvalue weighted by atomic mass is 10.1. The van der Waals surface area contributed by atoms with Gasteiger partial charge in [-0.2, -0.15) is 0 Å². The third-order valence-corrected chi connectivity index (χ3v) is 2.74. The lowest BCUT2D eigenvalue weighted by Crippen LogP contribution is -2.10. The van der Waals surface area contributed by atoms with Crippen LogP contribution in [0.3, 0.4) is 0 Å². The molecular weight excluding hydrogens is 236 g/mol. The van der Waals surface area contributed by atoms with Crippen molar-refractivity contribution in [1.29, 1.82) is 0 Å². The molecule has 0 fully saturated rings. The van der Waals surface area contributed by atoms with Gasteiger partial charge in [0.2, 0.25) is 10.0 Å². The summed E-state index contributed by atoms with van der Waals surface area (Å²) in [5.74, 6) is 2.67. The van der Waals surface area contributed by atoms with Crippen LogP contribution in [-0.4, -0.2) is 19.7 Å². The summed E-state index contributed by atoms with van der Waals surface area (Å²) in [4.78, 5) is 4.18. The number of hydrogen-bond donors (Lipinski definition) is 1. The van der Waals surface area contributed by atoms with Crippen molar-refractivity contribution >= 4 is 15.8 Å². The van der Waals surface area contributed by atoms with Crippen LogP contribution in [-0.2, 0) is 10.0 Å². The normalized spacial score (nSPS) is 11.1. The van der Waals surface area contributed by atoms with Gasteiger partial charge in [-0.25, -0.2) is 13.4 Å². The number of anilines is 1. The molecular formula is C12H10N2O2S. The Balaban J connectivity index is 2.66. The smallest absolute Gasteiger partial charge is 0.231 e. The molecule has 0 spiro atoms. The van der Waals surface area contributed by atoms with Crippen molar-refractivity contribution in [3.05, 3.63) is 35.9 Å². The molecule has 0 aromatic heterocycles. The highest BCUT2D eigenvalue weighted by Crippen LogP contribution is 2.30. The molecule has 0 radical (unpaired) electrons. The Morgan fingerprint density at radius 3 is 2.65 bits per heavy atom. The molecule has 0 unspecified atom stereocenters. The summed E-state index contributed by atoms with van der Waals surface area (Å²) in [5, 5.41) is 0. The molecule has 1 heterocycles. The summed E-state index contributed by atoms with van der Waals surface area (Å²) >= 11 is 0. The van der Waals surface area contributed by atoms with E-state index >= 15 is 0 Å².